The molecular formula is C18H23ClN4O3. The number of hydrogen-bond acceptors (Lipinski definition) is 4. The molecular weight excluding hydrogens is 356 g/mol. The summed E-state index contributed by atoms with van der Waals surface area (Å²) >= 11 is 6.00. The van der Waals surface area contributed by atoms with E-state index in [9.17, 15) is 9.59 Å². The number of nitrogens with zero attached hydrogens (tertiary/aromatic N) is 3. The minimum Gasteiger partial charge on any atom is -0.444 e. The number of amides is 2. The van der Waals surface area contributed by atoms with Gasteiger partial charge >= 0.3 is 6.09 Å². The lowest BCUT2D eigenvalue weighted by molar-refractivity contribution is -0.119. The maximum Gasteiger partial charge on any atom is 0.410 e. The third-order valence-corrected chi connectivity index (χ3v) is 4.52. The van der Waals surface area contributed by atoms with Crippen LogP contribution in [0.25, 0.3) is 11.0 Å². The molecule has 1 aromatic carbocycles. The molecule has 0 aliphatic carbocycles. The van der Waals surface area contributed by atoms with Crippen LogP contribution in [0.2, 0.25) is 5.02 Å². The van der Waals surface area contributed by atoms with Crippen molar-refractivity contribution in [2.24, 2.45) is 13.0 Å². The first kappa shape index (κ1) is 18.5. The second-order valence-corrected chi connectivity index (χ2v) is 7.97. The van der Waals surface area contributed by atoms with Gasteiger partial charge in [-0.2, -0.15) is 0 Å². The molecule has 26 heavy (non-hydrogen) atoms. The van der Waals surface area contributed by atoms with Crippen molar-refractivity contribution in [1.29, 1.82) is 0 Å². The van der Waals surface area contributed by atoms with Gasteiger partial charge in [-0.1, -0.05) is 11.6 Å². The normalized spacial score (nSPS) is 17.6. The fourth-order valence-electron chi connectivity index (χ4n) is 2.96. The van der Waals surface area contributed by atoms with Crippen LogP contribution in [0.3, 0.4) is 0 Å². The fourth-order valence-corrected chi connectivity index (χ4v) is 3.13. The van der Waals surface area contributed by atoms with Gasteiger partial charge in [0, 0.05) is 25.2 Å². The van der Waals surface area contributed by atoms with Crippen LogP contribution in [-0.4, -0.2) is 45.1 Å². The Balaban J connectivity index is 1.66. The lowest BCUT2D eigenvalue weighted by Crippen LogP contribution is -2.36. The molecule has 1 aliphatic rings. The maximum atomic E-state index is 12.6. The van der Waals surface area contributed by atoms with E-state index in [1.165, 1.54) is 0 Å². The van der Waals surface area contributed by atoms with E-state index in [0.717, 1.165) is 11.0 Å². The smallest absolute Gasteiger partial charge is 0.410 e. The summed E-state index contributed by atoms with van der Waals surface area (Å²) in [5.41, 5.74) is 1.05. The number of halogens is 1. The summed E-state index contributed by atoms with van der Waals surface area (Å²) in [7, 11) is 1.83. The van der Waals surface area contributed by atoms with Gasteiger partial charge in [0.05, 0.1) is 17.0 Å². The Kier molecular flexibility index (Phi) is 4.84. The average molecular weight is 379 g/mol. The summed E-state index contributed by atoms with van der Waals surface area (Å²) in [4.78, 5) is 30.7. The van der Waals surface area contributed by atoms with Crippen molar-refractivity contribution in [3.63, 3.8) is 0 Å². The van der Waals surface area contributed by atoms with Gasteiger partial charge in [0.2, 0.25) is 11.9 Å². The summed E-state index contributed by atoms with van der Waals surface area (Å²) in [6, 6.07) is 5.40. The maximum absolute atomic E-state index is 12.6. The van der Waals surface area contributed by atoms with Crippen LogP contribution in [0.1, 0.15) is 27.2 Å². The first-order chi connectivity index (χ1) is 12.1. The number of carbonyl (C=O) groups is 2. The number of anilines is 1. The monoisotopic (exact) mass is 378 g/mol. The van der Waals surface area contributed by atoms with E-state index in [0.29, 0.717) is 30.5 Å². The number of likely N-dealkylation sites (tertiary alicyclic amines) is 1. The Bertz CT molecular complexity index is 856. The molecule has 1 N–H and O–H groups in total. The molecule has 2 heterocycles. The second kappa shape index (κ2) is 6.79. The number of ether oxygens (including phenoxy) is 1. The highest BCUT2D eigenvalue weighted by atomic mass is 35.5. The van der Waals surface area contributed by atoms with Crippen molar-refractivity contribution in [3.8, 4) is 0 Å². The van der Waals surface area contributed by atoms with Crippen molar-refractivity contribution >= 4 is 40.6 Å². The fraction of sp³-hybridized carbons (Fsp3) is 0.500. The predicted octanol–water partition coefficient (Wildman–Crippen LogP) is 3.42. The Morgan fingerprint density at radius 2 is 2.08 bits per heavy atom. The number of carbonyl (C=O) groups excluding carboxylic acids is 2. The van der Waals surface area contributed by atoms with E-state index in [1.807, 2.05) is 38.5 Å². The van der Waals surface area contributed by atoms with Gasteiger partial charge < -0.3 is 14.2 Å². The number of imidazole rings is 1. The van der Waals surface area contributed by atoms with E-state index < -0.39 is 5.60 Å². The van der Waals surface area contributed by atoms with E-state index in [1.54, 1.807) is 17.0 Å². The molecule has 7 nitrogen and oxygen atoms in total. The zero-order valence-electron chi connectivity index (χ0n) is 15.4. The lowest BCUT2D eigenvalue weighted by atomic mass is 10.1. The third kappa shape index (κ3) is 3.93. The number of hydrogen-bond donors (Lipinski definition) is 1. The van der Waals surface area contributed by atoms with E-state index in [-0.39, 0.29) is 17.9 Å². The Morgan fingerprint density at radius 1 is 1.35 bits per heavy atom. The van der Waals surface area contributed by atoms with Gasteiger partial charge in [0.25, 0.3) is 0 Å². The molecule has 2 amide bonds. The molecule has 1 atom stereocenters. The first-order valence-corrected chi connectivity index (χ1v) is 8.92. The molecule has 2 aromatic rings. The summed E-state index contributed by atoms with van der Waals surface area (Å²) in [6.45, 7) is 6.32. The van der Waals surface area contributed by atoms with E-state index >= 15 is 0 Å². The molecule has 0 radical (unpaired) electrons. The van der Waals surface area contributed by atoms with Crippen LogP contribution >= 0.6 is 11.6 Å². The number of rotatable bonds is 2. The van der Waals surface area contributed by atoms with Gasteiger partial charge in [-0.15, -0.1) is 0 Å². The predicted molar refractivity (Wildman–Crippen MR) is 100 cm³/mol. The molecule has 1 saturated heterocycles. The Morgan fingerprint density at radius 3 is 2.77 bits per heavy atom. The van der Waals surface area contributed by atoms with Crippen molar-refractivity contribution < 1.29 is 14.3 Å². The highest BCUT2D eigenvalue weighted by Crippen LogP contribution is 2.24. The van der Waals surface area contributed by atoms with Crippen LogP contribution < -0.4 is 5.32 Å². The zero-order chi connectivity index (χ0) is 19.1. The minimum absolute atomic E-state index is 0.152. The second-order valence-electron chi connectivity index (χ2n) is 7.53. The van der Waals surface area contributed by atoms with E-state index in [4.69, 9.17) is 16.3 Å². The van der Waals surface area contributed by atoms with Crippen molar-refractivity contribution in [2.45, 2.75) is 32.8 Å². The van der Waals surface area contributed by atoms with Crippen LogP contribution in [0, 0.1) is 5.92 Å². The van der Waals surface area contributed by atoms with Crippen molar-refractivity contribution in [1.82, 2.24) is 14.5 Å². The topological polar surface area (TPSA) is 76.5 Å². The van der Waals surface area contributed by atoms with Crippen LogP contribution in [0.5, 0.6) is 0 Å². The van der Waals surface area contributed by atoms with Crippen LogP contribution in [0.15, 0.2) is 18.2 Å². The van der Waals surface area contributed by atoms with Gasteiger partial charge in [0.1, 0.15) is 5.60 Å². The molecule has 1 aliphatic heterocycles. The van der Waals surface area contributed by atoms with Crippen molar-refractivity contribution in [2.75, 3.05) is 18.4 Å². The van der Waals surface area contributed by atoms with Gasteiger partial charge in [-0.3, -0.25) is 10.1 Å². The molecule has 0 bridgehead atoms. The largest absolute Gasteiger partial charge is 0.444 e. The molecule has 3 rings (SSSR count). The number of aryl methyl sites for hydroxylation is 1. The van der Waals surface area contributed by atoms with Crippen LogP contribution in [0.4, 0.5) is 10.7 Å². The molecule has 8 heteroatoms. The average Bonchev–Trinajstić information content (AvgIpc) is 3.12. The quantitative estimate of drug-likeness (QED) is 0.868. The Labute approximate surface area is 157 Å². The summed E-state index contributed by atoms with van der Waals surface area (Å²) in [6.07, 6.45) is 0.214. The number of fused-ring (bicyclic) bond motifs is 1. The van der Waals surface area contributed by atoms with E-state index in [2.05, 4.69) is 10.3 Å². The van der Waals surface area contributed by atoms with Crippen LogP contribution in [-0.2, 0) is 16.6 Å². The molecule has 0 spiro atoms. The van der Waals surface area contributed by atoms with Gasteiger partial charge in [-0.05, 0) is 45.4 Å². The number of benzene rings is 1. The Hall–Kier alpha value is -2.28. The minimum atomic E-state index is -0.550. The molecule has 0 saturated carbocycles. The van der Waals surface area contributed by atoms with Gasteiger partial charge in [-0.25, -0.2) is 9.78 Å². The summed E-state index contributed by atoms with van der Waals surface area (Å²) < 4.78 is 7.17. The third-order valence-electron chi connectivity index (χ3n) is 4.29. The zero-order valence-corrected chi connectivity index (χ0v) is 16.1. The number of nitrogens with one attached hydrogen (secondary N) is 1. The highest BCUT2D eigenvalue weighted by Gasteiger charge is 2.33. The van der Waals surface area contributed by atoms with Crippen molar-refractivity contribution in [3.05, 3.63) is 23.2 Å². The molecule has 1 aromatic heterocycles. The highest BCUT2D eigenvalue weighted by molar-refractivity contribution is 6.31. The van der Waals surface area contributed by atoms with Gasteiger partial charge in [0.15, 0.2) is 0 Å². The summed E-state index contributed by atoms with van der Waals surface area (Å²) in [5, 5.41) is 3.45. The molecule has 1 fully saturated rings. The first-order valence-electron chi connectivity index (χ1n) is 8.55. The summed E-state index contributed by atoms with van der Waals surface area (Å²) in [5.74, 6) is 0.0227. The number of aromatic nitrogens is 2. The molecule has 140 valence electrons. The standard InChI is InChI=1S/C18H23ClN4O3/c1-18(2,3)26-17(25)23-8-7-11(10-23)15(24)21-16-20-13-9-12(19)5-6-14(13)22(16)4/h5-6,9,11H,7-8,10H2,1-4H3,(H,20,21,24)/t11-/m1/s1. The SMILES string of the molecule is Cn1c(NC(=O)[C@@H]2CCN(C(=O)OC(C)(C)C)C2)nc2cc(Cl)ccc21. The molecule has 0 unspecified atom stereocenters. The lowest BCUT2D eigenvalue weighted by Gasteiger charge is -2.24.